The number of nitrogens with one attached hydrogen (secondary N) is 1. The van der Waals surface area contributed by atoms with Crippen molar-refractivity contribution in [2.75, 3.05) is 19.6 Å². The maximum atomic E-state index is 12.7. The van der Waals surface area contributed by atoms with E-state index in [1.807, 2.05) is 66.7 Å². The van der Waals surface area contributed by atoms with E-state index in [9.17, 15) is 18.6 Å². The summed E-state index contributed by atoms with van der Waals surface area (Å²) in [5, 5.41) is 19.6. The Balaban J connectivity index is 1.21. The zero-order chi connectivity index (χ0) is 30.5. The highest BCUT2D eigenvalue weighted by molar-refractivity contribution is 7.89. The summed E-state index contributed by atoms with van der Waals surface area (Å²) in [6.07, 6.45) is 0.281. The molecule has 2 aliphatic rings. The number of hydrogen-bond acceptors (Lipinski definition) is 7. The molecule has 3 N–H and O–H groups in total. The van der Waals surface area contributed by atoms with Crippen LogP contribution in [0.1, 0.15) is 47.5 Å². The largest absolute Gasteiger partial charge is 0.392 e. The summed E-state index contributed by atoms with van der Waals surface area (Å²) >= 11 is 0. The average molecular weight is 615 g/mol. The quantitative estimate of drug-likeness (QED) is 0.232. The van der Waals surface area contributed by atoms with E-state index in [1.54, 1.807) is 30.3 Å². The predicted molar refractivity (Wildman–Crippen MR) is 168 cm³/mol. The summed E-state index contributed by atoms with van der Waals surface area (Å²) in [7, 11) is -3.62. The van der Waals surface area contributed by atoms with Gasteiger partial charge in [-0.2, -0.15) is 0 Å². The third kappa shape index (κ3) is 7.44. The van der Waals surface area contributed by atoms with Gasteiger partial charge in [-0.1, -0.05) is 78.9 Å². The first-order chi connectivity index (χ1) is 21.4. The molecule has 0 aromatic heterocycles. The molecule has 4 aromatic carbocycles. The third-order valence-corrected chi connectivity index (χ3v) is 9.68. The van der Waals surface area contributed by atoms with E-state index < -0.39 is 16.3 Å². The van der Waals surface area contributed by atoms with Gasteiger partial charge in [0.1, 0.15) is 0 Å². The third-order valence-electron chi connectivity index (χ3n) is 8.26. The van der Waals surface area contributed by atoms with E-state index in [4.69, 9.17) is 9.47 Å². The molecule has 0 aliphatic carbocycles. The van der Waals surface area contributed by atoms with E-state index in [2.05, 4.69) is 15.7 Å². The molecule has 44 heavy (non-hydrogen) atoms. The molecule has 9 heteroatoms. The number of ether oxygens (including phenoxy) is 2. The van der Waals surface area contributed by atoms with Crippen LogP contribution in [-0.2, 0) is 32.6 Å². The number of aliphatic hydroxyl groups is 2. The van der Waals surface area contributed by atoms with Crippen LogP contribution in [0.5, 0.6) is 0 Å². The van der Waals surface area contributed by atoms with Crippen molar-refractivity contribution in [3.8, 4) is 11.1 Å². The fourth-order valence-corrected chi connectivity index (χ4v) is 6.92. The van der Waals surface area contributed by atoms with Crippen molar-refractivity contribution < 1.29 is 28.1 Å². The zero-order valence-electron chi connectivity index (χ0n) is 24.5. The number of likely N-dealkylation sites (tertiary alicyclic amines) is 1. The topological polar surface area (TPSA) is 108 Å². The average Bonchev–Trinajstić information content (AvgIpc) is 3.48. The summed E-state index contributed by atoms with van der Waals surface area (Å²) < 4.78 is 41.2. The Kier molecular flexibility index (Phi) is 9.53. The lowest BCUT2D eigenvalue weighted by molar-refractivity contribution is -0.252. The van der Waals surface area contributed by atoms with Crippen LogP contribution in [0.15, 0.2) is 108 Å². The standard InChI is InChI=1S/C35H38N2O6S/c38-24-25-12-14-27(15-13-25)34-20-32(23-37-17-16-31(39)22-37)42-35(43-34)30-9-5-8-29(19-30)28-7-4-6-26(18-28)21-36-44(40,41)33-10-2-1-3-11-33/h1-15,18-19,31-32,34-36,38-39H,16-17,20-24H2/t31-,32-,34+,35+/m0/s1. The van der Waals surface area contributed by atoms with Crippen molar-refractivity contribution in [3.05, 3.63) is 125 Å². The van der Waals surface area contributed by atoms with Crippen molar-refractivity contribution in [2.24, 2.45) is 0 Å². The van der Waals surface area contributed by atoms with E-state index in [0.717, 1.165) is 46.3 Å². The van der Waals surface area contributed by atoms with Gasteiger partial charge >= 0.3 is 0 Å². The van der Waals surface area contributed by atoms with Gasteiger partial charge < -0.3 is 19.7 Å². The number of β-amino-alcohol motifs (C(OH)–C–C–N with tert-alkyl or cyclic N) is 1. The summed E-state index contributed by atoms with van der Waals surface area (Å²) in [6, 6.07) is 32.1. The molecule has 0 unspecified atom stereocenters. The van der Waals surface area contributed by atoms with Gasteiger partial charge in [0.2, 0.25) is 10.0 Å². The number of nitrogens with zero attached hydrogens (tertiary/aromatic N) is 1. The molecule has 0 amide bonds. The molecule has 8 nitrogen and oxygen atoms in total. The number of rotatable bonds is 10. The van der Waals surface area contributed by atoms with Crippen LogP contribution in [-0.4, -0.2) is 55.4 Å². The number of hydrogen-bond donors (Lipinski definition) is 3. The molecule has 4 aromatic rings. The minimum atomic E-state index is -3.62. The second kappa shape index (κ2) is 13.7. The van der Waals surface area contributed by atoms with Crippen LogP contribution in [0.2, 0.25) is 0 Å². The Morgan fingerprint density at radius 2 is 1.57 bits per heavy atom. The molecule has 230 valence electrons. The Morgan fingerprint density at radius 1 is 0.818 bits per heavy atom. The Morgan fingerprint density at radius 3 is 2.30 bits per heavy atom. The lowest BCUT2D eigenvalue weighted by Crippen LogP contribution is -2.38. The first-order valence-electron chi connectivity index (χ1n) is 15.0. The number of sulfonamides is 1. The normalized spacial score (nSPS) is 22.7. The number of benzene rings is 4. The van der Waals surface area contributed by atoms with Crippen LogP contribution in [0.25, 0.3) is 11.1 Å². The van der Waals surface area contributed by atoms with Crippen LogP contribution in [0, 0.1) is 0 Å². The van der Waals surface area contributed by atoms with Crippen molar-refractivity contribution in [1.82, 2.24) is 9.62 Å². The van der Waals surface area contributed by atoms with E-state index in [-0.39, 0.29) is 36.4 Å². The molecule has 0 bridgehead atoms. The smallest absolute Gasteiger partial charge is 0.240 e. The Bertz CT molecular complexity index is 1650. The van der Waals surface area contributed by atoms with Crippen LogP contribution >= 0.6 is 0 Å². The van der Waals surface area contributed by atoms with Crippen molar-refractivity contribution >= 4 is 10.0 Å². The second-order valence-electron chi connectivity index (χ2n) is 11.5. The molecule has 6 rings (SSSR count). The lowest BCUT2D eigenvalue weighted by Gasteiger charge is -2.38. The van der Waals surface area contributed by atoms with E-state index in [0.29, 0.717) is 19.5 Å². The van der Waals surface area contributed by atoms with Crippen molar-refractivity contribution in [3.63, 3.8) is 0 Å². The number of aliphatic hydroxyl groups excluding tert-OH is 2. The Labute approximate surface area is 258 Å². The lowest BCUT2D eigenvalue weighted by atomic mass is 9.98. The highest BCUT2D eigenvalue weighted by atomic mass is 32.2. The fraction of sp³-hybridized carbons (Fsp3) is 0.314. The maximum absolute atomic E-state index is 12.7. The minimum Gasteiger partial charge on any atom is -0.392 e. The molecule has 2 saturated heterocycles. The first-order valence-corrected chi connectivity index (χ1v) is 16.5. The fourth-order valence-electron chi connectivity index (χ4n) is 5.89. The van der Waals surface area contributed by atoms with Crippen molar-refractivity contribution in [1.29, 1.82) is 0 Å². The highest BCUT2D eigenvalue weighted by Gasteiger charge is 2.34. The minimum absolute atomic E-state index is 0.00958. The molecular weight excluding hydrogens is 576 g/mol. The predicted octanol–water partition coefficient (Wildman–Crippen LogP) is 4.94. The van der Waals surface area contributed by atoms with Crippen LogP contribution < -0.4 is 4.72 Å². The molecular formula is C35H38N2O6S. The molecule has 2 aliphatic heterocycles. The summed E-state index contributed by atoms with van der Waals surface area (Å²) in [4.78, 5) is 2.48. The van der Waals surface area contributed by atoms with Gasteiger partial charge in [-0.25, -0.2) is 13.1 Å². The van der Waals surface area contributed by atoms with Crippen LogP contribution in [0.4, 0.5) is 0 Å². The van der Waals surface area contributed by atoms with Gasteiger partial charge in [-0.15, -0.1) is 0 Å². The molecule has 0 saturated carbocycles. The molecule has 2 heterocycles. The molecule has 2 fully saturated rings. The molecule has 0 spiro atoms. The van der Waals surface area contributed by atoms with Gasteiger partial charge in [-0.3, -0.25) is 4.90 Å². The summed E-state index contributed by atoms with van der Waals surface area (Å²) in [6.45, 7) is 2.36. The monoisotopic (exact) mass is 614 g/mol. The van der Waals surface area contributed by atoms with Gasteiger partial charge in [0.25, 0.3) is 0 Å². The SMILES string of the molecule is O=S(=O)(NCc1cccc(-c2cccc([C@@H]3O[C@H](CN4CC[C@H](O)C4)C[C@H](c4ccc(CO)cc4)O3)c2)c1)c1ccccc1. The molecule has 4 atom stereocenters. The van der Waals surface area contributed by atoms with E-state index in [1.165, 1.54) is 0 Å². The summed E-state index contributed by atoms with van der Waals surface area (Å²) in [5.74, 6) is 0. The van der Waals surface area contributed by atoms with Gasteiger partial charge in [-0.05, 0) is 58.5 Å². The Hall–Kier alpha value is -3.41. The highest BCUT2D eigenvalue weighted by Crippen LogP contribution is 2.39. The first kappa shape index (κ1) is 30.6. The van der Waals surface area contributed by atoms with Gasteiger partial charge in [0.15, 0.2) is 6.29 Å². The van der Waals surface area contributed by atoms with Gasteiger partial charge in [0, 0.05) is 38.2 Å². The van der Waals surface area contributed by atoms with Crippen LogP contribution in [0.3, 0.4) is 0 Å². The van der Waals surface area contributed by atoms with E-state index >= 15 is 0 Å². The zero-order valence-corrected chi connectivity index (χ0v) is 25.3. The van der Waals surface area contributed by atoms with Gasteiger partial charge in [0.05, 0.1) is 29.8 Å². The second-order valence-corrected chi connectivity index (χ2v) is 13.3. The maximum Gasteiger partial charge on any atom is 0.240 e. The van der Waals surface area contributed by atoms with Crippen molar-refractivity contribution in [2.45, 2.75) is 55.5 Å². The summed E-state index contributed by atoms with van der Waals surface area (Å²) in [5.41, 5.74) is 5.54. The molecule has 0 radical (unpaired) electrons.